The lowest BCUT2D eigenvalue weighted by molar-refractivity contribution is 0.149. The van der Waals surface area contributed by atoms with Crippen molar-refractivity contribution in [1.29, 1.82) is 0 Å². The van der Waals surface area contributed by atoms with Gasteiger partial charge < -0.3 is 15.3 Å². The van der Waals surface area contributed by atoms with Gasteiger partial charge in [0.1, 0.15) is 0 Å². The van der Waals surface area contributed by atoms with Crippen LogP contribution in [0.2, 0.25) is 0 Å². The predicted molar refractivity (Wildman–Crippen MR) is 45.6 cm³/mol. The standard InChI is InChI=1S/C8H18N2O/c1-2-4-10-5-3-9-8(6-10)7-11/h8-9,11H,2-7H2,1H3. The zero-order valence-electron chi connectivity index (χ0n) is 7.21. The van der Waals surface area contributed by atoms with Gasteiger partial charge in [-0.1, -0.05) is 6.92 Å². The normalized spacial score (nSPS) is 27.3. The van der Waals surface area contributed by atoms with E-state index in [1.807, 2.05) is 0 Å². The van der Waals surface area contributed by atoms with E-state index in [-0.39, 0.29) is 6.61 Å². The van der Waals surface area contributed by atoms with Crippen LogP contribution in [0.1, 0.15) is 13.3 Å². The molecule has 11 heavy (non-hydrogen) atoms. The van der Waals surface area contributed by atoms with Gasteiger partial charge in [-0.3, -0.25) is 0 Å². The Morgan fingerprint density at radius 1 is 1.64 bits per heavy atom. The van der Waals surface area contributed by atoms with Crippen molar-refractivity contribution in [3.63, 3.8) is 0 Å². The van der Waals surface area contributed by atoms with Gasteiger partial charge >= 0.3 is 0 Å². The third-order valence-electron chi connectivity index (χ3n) is 2.10. The first-order valence-corrected chi connectivity index (χ1v) is 4.43. The minimum atomic E-state index is 0.264. The third kappa shape index (κ3) is 2.77. The minimum absolute atomic E-state index is 0.264. The summed E-state index contributed by atoms with van der Waals surface area (Å²) < 4.78 is 0. The van der Waals surface area contributed by atoms with Crippen LogP contribution in [0.15, 0.2) is 0 Å². The van der Waals surface area contributed by atoms with Crippen molar-refractivity contribution in [3.05, 3.63) is 0 Å². The van der Waals surface area contributed by atoms with Gasteiger partial charge in [0, 0.05) is 25.7 Å². The monoisotopic (exact) mass is 158 g/mol. The second-order valence-electron chi connectivity index (χ2n) is 3.13. The fourth-order valence-corrected chi connectivity index (χ4v) is 1.54. The van der Waals surface area contributed by atoms with E-state index in [9.17, 15) is 0 Å². The van der Waals surface area contributed by atoms with E-state index >= 15 is 0 Å². The van der Waals surface area contributed by atoms with Gasteiger partial charge in [0.2, 0.25) is 0 Å². The highest BCUT2D eigenvalue weighted by molar-refractivity contribution is 4.77. The molecule has 0 spiro atoms. The molecule has 1 rings (SSSR count). The zero-order chi connectivity index (χ0) is 8.10. The molecular weight excluding hydrogens is 140 g/mol. The fourth-order valence-electron chi connectivity index (χ4n) is 1.54. The van der Waals surface area contributed by atoms with Gasteiger partial charge in [0.05, 0.1) is 6.61 Å². The number of piperazine rings is 1. The summed E-state index contributed by atoms with van der Waals surface area (Å²) in [5.74, 6) is 0. The smallest absolute Gasteiger partial charge is 0.0597 e. The minimum Gasteiger partial charge on any atom is -0.395 e. The first-order valence-electron chi connectivity index (χ1n) is 4.43. The summed E-state index contributed by atoms with van der Waals surface area (Å²) in [6, 6.07) is 0.301. The number of rotatable bonds is 3. The zero-order valence-corrected chi connectivity index (χ0v) is 7.21. The van der Waals surface area contributed by atoms with E-state index < -0.39 is 0 Å². The van der Waals surface area contributed by atoms with Gasteiger partial charge in [-0.2, -0.15) is 0 Å². The van der Waals surface area contributed by atoms with Gasteiger partial charge in [0.25, 0.3) is 0 Å². The lowest BCUT2D eigenvalue weighted by Gasteiger charge is -2.32. The van der Waals surface area contributed by atoms with Crippen molar-refractivity contribution in [1.82, 2.24) is 10.2 Å². The van der Waals surface area contributed by atoms with E-state index in [0.717, 1.165) is 26.2 Å². The van der Waals surface area contributed by atoms with Crippen LogP contribution in [0.5, 0.6) is 0 Å². The summed E-state index contributed by atoms with van der Waals surface area (Å²) in [7, 11) is 0. The topological polar surface area (TPSA) is 35.5 Å². The summed E-state index contributed by atoms with van der Waals surface area (Å²) in [5, 5.41) is 12.2. The van der Waals surface area contributed by atoms with E-state index in [2.05, 4.69) is 17.1 Å². The van der Waals surface area contributed by atoms with Gasteiger partial charge in [0.15, 0.2) is 0 Å². The molecule has 1 unspecified atom stereocenters. The van der Waals surface area contributed by atoms with Crippen molar-refractivity contribution in [2.75, 3.05) is 32.8 Å². The Labute approximate surface area is 68.4 Å². The fraction of sp³-hybridized carbons (Fsp3) is 1.00. The summed E-state index contributed by atoms with van der Waals surface area (Å²) >= 11 is 0. The van der Waals surface area contributed by atoms with Gasteiger partial charge in [-0.05, 0) is 13.0 Å². The summed E-state index contributed by atoms with van der Waals surface area (Å²) in [4.78, 5) is 2.40. The molecular formula is C8H18N2O. The van der Waals surface area contributed by atoms with Crippen LogP contribution in [-0.2, 0) is 0 Å². The van der Waals surface area contributed by atoms with E-state index in [4.69, 9.17) is 5.11 Å². The molecule has 1 heterocycles. The highest BCUT2D eigenvalue weighted by atomic mass is 16.3. The van der Waals surface area contributed by atoms with E-state index in [1.165, 1.54) is 6.42 Å². The average Bonchev–Trinajstić information content (AvgIpc) is 2.06. The second-order valence-corrected chi connectivity index (χ2v) is 3.13. The van der Waals surface area contributed by atoms with Crippen LogP contribution in [0.25, 0.3) is 0 Å². The molecule has 0 amide bonds. The maximum Gasteiger partial charge on any atom is 0.0597 e. The predicted octanol–water partition coefficient (Wildman–Crippen LogP) is -0.338. The maximum absolute atomic E-state index is 8.89. The van der Waals surface area contributed by atoms with E-state index in [1.54, 1.807) is 0 Å². The van der Waals surface area contributed by atoms with Crippen molar-refractivity contribution in [2.24, 2.45) is 0 Å². The average molecular weight is 158 g/mol. The highest BCUT2D eigenvalue weighted by Crippen LogP contribution is 1.98. The molecule has 0 bridgehead atoms. The van der Waals surface area contributed by atoms with Crippen LogP contribution in [0.3, 0.4) is 0 Å². The van der Waals surface area contributed by atoms with Crippen molar-refractivity contribution >= 4 is 0 Å². The molecule has 66 valence electrons. The first-order chi connectivity index (χ1) is 5.36. The molecule has 0 aromatic rings. The molecule has 3 heteroatoms. The molecule has 2 N–H and O–H groups in total. The molecule has 1 aliphatic heterocycles. The molecule has 0 radical (unpaired) electrons. The summed E-state index contributed by atoms with van der Waals surface area (Å²) in [5.41, 5.74) is 0. The molecule has 0 saturated carbocycles. The molecule has 1 fully saturated rings. The molecule has 0 aromatic carbocycles. The third-order valence-corrected chi connectivity index (χ3v) is 2.10. The first kappa shape index (κ1) is 8.97. The van der Waals surface area contributed by atoms with Crippen LogP contribution in [0.4, 0.5) is 0 Å². The summed E-state index contributed by atoms with van der Waals surface area (Å²) in [6.45, 7) is 6.77. The molecule has 1 saturated heterocycles. The second kappa shape index (κ2) is 4.70. The number of nitrogens with one attached hydrogen (secondary N) is 1. The summed E-state index contributed by atoms with van der Waals surface area (Å²) in [6.07, 6.45) is 1.21. The van der Waals surface area contributed by atoms with E-state index in [0.29, 0.717) is 6.04 Å². The Morgan fingerprint density at radius 3 is 3.09 bits per heavy atom. The van der Waals surface area contributed by atoms with Crippen molar-refractivity contribution < 1.29 is 5.11 Å². The van der Waals surface area contributed by atoms with Crippen molar-refractivity contribution in [2.45, 2.75) is 19.4 Å². The van der Waals surface area contributed by atoms with Crippen LogP contribution in [-0.4, -0.2) is 48.8 Å². The van der Waals surface area contributed by atoms with Crippen LogP contribution >= 0.6 is 0 Å². The van der Waals surface area contributed by atoms with Gasteiger partial charge in [-0.25, -0.2) is 0 Å². The number of hydrogen-bond acceptors (Lipinski definition) is 3. The number of hydrogen-bond donors (Lipinski definition) is 2. The Morgan fingerprint density at radius 2 is 2.45 bits per heavy atom. The molecule has 1 atom stereocenters. The SMILES string of the molecule is CCCN1CCNC(CO)C1. The van der Waals surface area contributed by atoms with Gasteiger partial charge in [-0.15, -0.1) is 0 Å². The lowest BCUT2D eigenvalue weighted by Crippen LogP contribution is -2.52. The number of nitrogens with zero attached hydrogens (tertiary/aromatic N) is 1. The van der Waals surface area contributed by atoms with Crippen molar-refractivity contribution in [3.8, 4) is 0 Å². The molecule has 3 nitrogen and oxygen atoms in total. The molecule has 1 aliphatic rings. The quantitative estimate of drug-likeness (QED) is 0.590. The Hall–Kier alpha value is -0.120. The lowest BCUT2D eigenvalue weighted by atomic mass is 10.2. The number of aliphatic hydroxyl groups excluding tert-OH is 1. The maximum atomic E-state index is 8.89. The van der Waals surface area contributed by atoms with Crippen LogP contribution in [0, 0.1) is 0 Å². The Balaban J connectivity index is 2.21. The highest BCUT2D eigenvalue weighted by Gasteiger charge is 2.16. The molecule has 0 aliphatic carbocycles. The Bertz CT molecular complexity index is 106. The Kier molecular flexibility index (Phi) is 3.83. The van der Waals surface area contributed by atoms with Crippen LogP contribution < -0.4 is 5.32 Å². The number of aliphatic hydroxyl groups is 1. The largest absolute Gasteiger partial charge is 0.395 e. The molecule has 0 aromatic heterocycles.